The fourth-order valence-corrected chi connectivity index (χ4v) is 0.744. The SMILES string of the molecule is CNO[N+](C)(C)CCCO. The molecule has 62 valence electrons. The largest absolute Gasteiger partial charge is 0.396 e. The standard InChI is InChI=1S/C6H17N2O2/c1-7-10-8(2,3)5-4-6-9/h7,9H,4-6H2,1-3H3/q+1. The molecule has 0 saturated heterocycles. The monoisotopic (exact) mass is 149 g/mol. The molecule has 0 radical (unpaired) electrons. The number of aliphatic hydroxyl groups excluding tert-OH is 1. The molecular weight excluding hydrogens is 132 g/mol. The first kappa shape index (κ1) is 9.84. The van der Waals surface area contributed by atoms with E-state index in [0.717, 1.165) is 13.0 Å². The average Bonchev–Trinajstić information content (AvgIpc) is 1.84. The lowest BCUT2D eigenvalue weighted by Gasteiger charge is -2.24. The zero-order valence-corrected chi connectivity index (χ0v) is 6.92. The lowest BCUT2D eigenvalue weighted by Crippen LogP contribution is -2.44. The van der Waals surface area contributed by atoms with Gasteiger partial charge in [0, 0.05) is 20.1 Å². The van der Waals surface area contributed by atoms with E-state index >= 15 is 0 Å². The summed E-state index contributed by atoms with van der Waals surface area (Å²) in [6.45, 7) is 1.02. The number of nitrogens with zero attached hydrogens (tertiary/aromatic N) is 1. The molecule has 0 bridgehead atoms. The van der Waals surface area contributed by atoms with Gasteiger partial charge in [-0.05, 0) is 0 Å². The Labute approximate surface area is 61.9 Å². The van der Waals surface area contributed by atoms with E-state index in [-0.39, 0.29) is 6.61 Å². The van der Waals surface area contributed by atoms with Gasteiger partial charge < -0.3 is 5.11 Å². The zero-order valence-electron chi connectivity index (χ0n) is 6.92. The first-order valence-electron chi connectivity index (χ1n) is 3.41. The summed E-state index contributed by atoms with van der Waals surface area (Å²) in [6, 6.07) is 0. The number of hydrogen-bond acceptors (Lipinski definition) is 3. The summed E-state index contributed by atoms with van der Waals surface area (Å²) in [5.41, 5.74) is 2.61. The maximum absolute atomic E-state index is 8.51. The van der Waals surface area contributed by atoms with E-state index in [9.17, 15) is 0 Å². The third kappa shape index (κ3) is 4.69. The Morgan fingerprint density at radius 3 is 2.50 bits per heavy atom. The van der Waals surface area contributed by atoms with Gasteiger partial charge in [0.15, 0.2) is 0 Å². The highest BCUT2D eigenvalue weighted by Crippen LogP contribution is 1.96. The lowest BCUT2D eigenvalue weighted by atomic mass is 10.4. The molecule has 0 atom stereocenters. The molecule has 0 unspecified atom stereocenters. The normalized spacial score (nSPS) is 12.0. The van der Waals surface area contributed by atoms with Crippen molar-refractivity contribution in [3.8, 4) is 0 Å². The third-order valence-corrected chi connectivity index (χ3v) is 1.19. The van der Waals surface area contributed by atoms with E-state index in [0.29, 0.717) is 4.65 Å². The smallest absolute Gasteiger partial charge is 0.112 e. The van der Waals surface area contributed by atoms with Crippen LogP contribution in [-0.2, 0) is 4.94 Å². The summed E-state index contributed by atoms with van der Waals surface area (Å²) in [6.07, 6.45) is 0.759. The molecule has 10 heavy (non-hydrogen) atoms. The average molecular weight is 149 g/mol. The van der Waals surface area contributed by atoms with E-state index in [1.807, 2.05) is 14.1 Å². The molecule has 0 aliphatic rings. The molecule has 0 saturated carbocycles. The van der Waals surface area contributed by atoms with Crippen LogP contribution in [0.3, 0.4) is 0 Å². The number of nitrogens with one attached hydrogen (secondary N) is 1. The van der Waals surface area contributed by atoms with Crippen molar-refractivity contribution in [1.29, 1.82) is 0 Å². The zero-order chi connectivity index (χ0) is 8.04. The highest BCUT2D eigenvalue weighted by atomic mass is 16.8. The molecule has 0 aromatic heterocycles. The van der Waals surface area contributed by atoms with E-state index in [1.54, 1.807) is 7.05 Å². The minimum Gasteiger partial charge on any atom is -0.396 e. The molecule has 0 rings (SSSR count). The summed E-state index contributed by atoms with van der Waals surface area (Å²) in [5, 5.41) is 8.51. The molecule has 0 amide bonds. The number of quaternary nitrogens is 1. The highest BCUT2D eigenvalue weighted by molar-refractivity contribution is 4.26. The Hall–Kier alpha value is -0.160. The Morgan fingerprint density at radius 2 is 2.10 bits per heavy atom. The summed E-state index contributed by atoms with van der Waals surface area (Å²) in [5.74, 6) is 0. The van der Waals surface area contributed by atoms with E-state index in [2.05, 4.69) is 5.48 Å². The maximum Gasteiger partial charge on any atom is 0.112 e. The van der Waals surface area contributed by atoms with Crippen molar-refractivity contribution < 1.29 is 14.7 Å². The van der Waals surface area contributed by atoms with Crippen LogP contribution in [0.1, 0.15) is 6.42 Å². The second kappa shape index (κ2) is 4.62. The van der Waals surface area contributed by atoms with Crippen LogP contribution in [0.4, 0.5) is 0 Å². The predicted molar refractivity (Wildman–Crippen MR) is 38.8 cm³/mol. The van der Waals surface area contributed by atoms with Crippen molar-refractivity contribution in [2.75, 3.05) is 34.3 Å². The molecular formula is C6H17N2O2+. The molecule has 0 fully saturated rings. The Kier molecular flexibility index (Phi) is 4.55. The van der Waals surface area contributed by atoms with Gasteiger partial charge in [0.05, 0.1) is 0 Å². The van der Waals surface area contributed by atoms with Crippen LogP contribution in [0.2, 0.25) is 0 Å². The summed E-state index contributed by atoms with van der Waals surface area (Å²) in [7, 11) is 5.57. The van der Waals surface area contributed by atoms with Crippen molar-refractivity contribution in [3.63, 3.8) is 0 Å². The molecule has 0 aliphatic carbocycles. The van der Waals surface area contributed by atoms with Crippen LogP contribution in [0.5, 0.6) is 0 Å². The highest BCUT2D eigenvalue weighted by Gasteiger charge is 2.14. The molecule has 0 spiro atoms. The summed E-state index contributed by atoms with van der Waals surface area (Å²) >= 11 is 0. The fraction of sp³-hybridized carbons (Fsp3) is 1.00. The van der Waals surface area contributed by atoms with E-state index in [1.165, 1.54) is 0 Å². The number of rotatable bonds is 5. The van der Waals surface area contributed by atoms with Gasteiger partial charge in [-0.1, -0.05) is 0 Å². The van der Waals surface area contributed by atoms with Crippen molar-refractivity contribution in [2.45, 2.75) is 6.42 Å². The molecule has 0 aliphatic heterocycles. The third-order valence-electron chi connectivity index (χ3n) is 1.19. The van der Waals surface area contributed by atoms with Gasteiger partial charge in [-0.25, -0.2) is 0 Å². The summed E-state index contributed by atoms with van der Waals surface area (Å²) < 4.78 is 0.428. The Balaban J connectivity index is 3.42. The Bertz CT molecular complexity index is 85.8. The topological polar surface area (TPSA) is 41.5 Å². The van der Waals surface area contributed by atoms with Crippen LogP contribution in [-0.4, -0.2) is 44.0 Å². The quantitative estimate of drug-likeness (QED) is 0.409. The molecule has 4 nitrogen and oxygen atoms in total. The van der Waals surface area contributed by atoms with Crippen LogP contribution in [0.25, 0.3) is 0 Å². The maximum atomic E-state index is 8.51. The first-order valence-corrected chi connectivity index (χ1v) is 3.41. The van der Waals surface area contributed by atoms with Crippen molar-refractivity contribution in [2.24, 2.45) is 0 Å². The number of hydrogen-bond donors (Lipinski definition) is 2. The molecule has 2 N–H and O–H groups in total. The second-order valence-corrected chi connectivity index (χ2v) is 2.67. The number of aliphatic hydroxyl groups is 1. The number of hydroxylamine groups is 4. The van der Waals surface area contributed by atoms with Gasteiger partial charge in [0.1, 0.15) is 20.6 Å². The van der Waals surface area contributed by atoms with Crippen LogP contribution in [0, 0.1) is 0 Å². The van der Waals surface area contributed by atoms with Gasteiger partial charge >= 0.3 is 0 Å². The minimum atomic E-state index is 0.217. The Morgan fingerprint density at radius 1 is 1.50 bits per heavy atom. The predicted octanol–water partition coefficient (Wildman–Crippen LogP) is -0.489. The van der Waals surface area contributed by atoms with Gasteiger partial charge in [-0.2, -0.15) is 10.1 Å². The molecule has 0 aromatic carbocycles. The lowest BCUT2D eigenvalue weighted by molar-refractivity contribution is -1.09. The van der Waals surface area contributed by atoms with E-state index in [4.69, 9.17) is 10.0 Å². The summed E-state index contributed by atoms with van der Waals surface area (Å²) in [4.78, 5) is 5.11. The van der Waals surface area contributed by atoms with Gasteiger partial charge in [0.25, 0.3) is 0 Å². The van der Waals surface area contributed by atoms with Crippen molar-refractivity contribution >= 4 is 0 Å². The first-order chi connectivity index (χ1) is 4.62. The van der Waals surface area contributed by atoms with Crippen LogP contribution in [0.15, 0.2) is 0 Å². The van der Waals surface area contributed by atoms with Gasteiger partial charge in [-0.3, -0.25) is 0 Å². The molecule has 0 heterocycles. The van der Waals surface area contributed by atoms with Gasteiger partial charge in [-0.15, -0.1) is 4.94 Å². The van der Waals surface area contributed by atoms with Crippen LogP contribution >= 0.6 is 0 Å². The van der Waals surface area contributed by atoms with E-state index < -0.39 is 0 Å². The second-order valence-electron chi connectivity index (χ2n) is 2.67. The fourth-order valence-electron chi connectivity index (χ4n) is 0.744. The van der Waals surface area contributed by atoms with Crippen molar-refractivity contribution in [3.05, 3.63) is 0 Å². The van der Waals surface area contributed by atoms with Crippen LogP contribution < -0.4 is 5.48 Å². The van der Waals surface area contributed by atoms with Crippen molar-refractivity contribution in [1.82, 2.24) is 5.48 Å². The minimum absolute atomic E-state index is 0.217. The molecule has 0 aromatic rings. The molecule has 4 heteroatoms. The van der Waals surface area contributed by atoms with Gasteiger partial charge in [0.2, 0.25) is 0 Å².